The van der Waals surface area contributed by atoms with E-state index in [1.807, 2.05) is 52.0 Å². The number of benzene rings is 1. The zero-order valence-corrected chi connectivity index (χ0v) is 19.0. The van der Waals surface area contributed by atoms with E-state index < -0.39 is 23.6 Å². The molecule has 3 aliphatic heterocycles. The fraction of sp³-hybridized carbons (Fsp3) is 0.625. The number of H-pyrrole nitrogens is 1. The minimum atomic E-state index is -0.855. The molecule has 0 aliphatic carbocycles. The van der Waals surface area contributed by atoms with Crippen molar-refractivity contribution in [3.05, 3.63) is 35.5 Å². The molecule has 4 heterocycles. The van der Waals surface area contributed by atoms with Gasteiger partial charge in [-0.05, 0) is 39.3 Å². The van der Waals surface area contributed by atoms with Gasteiger partial charge in [0.15, 0.2) is 11.6 Å². The lowest BCUT2D eigenvalue weighted by Crippen LogP contribution is -2.58. The van der Waals surface area contributed by atoms with Crippen LogP contribution in [0.1, 0.15) is 45.0 Å². The Labute approximate surface area is 187 Å². The van der Waals surface area contributed by atoms with Crippen LogP contribution in [-0.4, -0.2) is 59.6 Å². The van der Waals surface area contributed by atoms with E-state index in [-0.39, 0.29) is 24.0 Å². The number of hydrogen-bond donors (Lipinski definition) is 3. The summed E-state index contributed by atoms with van der Waals surface area (Å²) in [5.41, 5.74) is 3.08. The van der Waals surface area contributed by atoms with E-state index in [9.17, 15) is 9.90 Å². The maximum atomic E-state index is 12.0. The van der Waals surface area contributed by atoms with Crippen LogP contribution >= 0.6 is 0 Å². The third-order valence-corrected chi connectivity index (χ3v) is 6.89. The summed E-state index contributed by atoms with van der Waals surface area (Å²) in [6.07, 6.45) is 0.207. The highest BCUT2D eigenvalue weighted by Crippen LogP contribution is 2.43. The quantitative estimate of drug-likeness (QED) is 0.669. The average molecular weight is 445 g/mol. The van der Waals surface area contributed by atoms with Gasteiger partial charge in [0, 0.05) is 34.9 Å². The Balaban J connectivity index is 1.53. The van der Waals surface area contributed by atoms with Crippen LogP contribution in [0.3, 0.4) is 0 Å². The zero-order valence-electron chi connectivity index (χ0n) is 19.0. The van der Waals surface area contributed by atoms with Crippen LogP contribution in [-0.2, 0) is 30.2 Å². The van der Waals surface area contributed by atoms with Crippen LogP contribution < -0.4 is 5.32 Å². The first-order chi connectivity index (χ1) is 15.1. The van der Waals surface area contributed by atoms with Crippen molar-refractivity contribution in [1.82, 2.24) is 10.3 Å². The van der Waals surface area contributed by atoms with Crippen LogP contribution in [0.5, 0.6) is 0 Å². The number of carboxylic acids is 1. The molecule has 8 nitrogen and oxygen atoms in total. The highest BCUT2D eigenvalue weighted by Gasteiger charge is 2.49. The summed E-state index contributed by atoms with van der Waals surface area (Å²) in [5.74, 6) is -2.31. The average Bonchev–Trinajstić information content (AvgIpc) is 3.11. The Kier molecular flexibility index (Phi) is 5.34. The standard InChI is InChI=1S/C24H32N2O6/c1-23(2)29-10-13(11-30-23)21-16(12-31-24(3,4)32-21)20-19-15(9-18(26-20)22(27)28)14-7-5-6-8-17(14)25-19/h5-8,13,16,18,20-21,25-26H,9-12H2,1-4H3,(H,27,28)/t16?,18-,20?,21?/m0/s1. The second kappa shape index (κ2) is 7.81. The third-order valence-electron chi connectivity index (χ3n) is 6.89. The summed E-state index contributed by atoms with van der Waals surface area (Å²) in [5, 5.41) is 14.3. The maximum absolute atomic E-state index is 12.0. The Morgan fingerprint density at radius 1 is 1.03 bits per heavy atom. The minimum absolute atomic E-state index is 0.0102. The summed E-state index contributed by atoms with van der Waals surface area (Å²) in [7, 11) is 0. The molecular formula is C24H32N2O6. The molecule has 0 saturated carbocycles. The lowest BCUT2D eigenvalue weighted by atomic mass is 9.80. The van der Waals surface area contributed by atoms with E-state index in [1.165, 1.54) is 0 Å². The number of ether oxygens (including phenoxy) is 4. The van der Waals surface area contributed by atoms with Gasteiger partial charge in [0.25, 0.3) is 0 Å². The topological polar surface area (TPSA) is 102 Å². The van der Waals surface area contributed by atoms with Gasteiger partial charge in [-0.1, -0.05) is 18.2 Å². The molecule has 5 rings (SSSR count). The van der Waals surface area contributed by atoms with E-state index in [1.54, 1.807) is 0 Å². The maximum Gasteiger partial charge on any atom is 0.321 e. The first-order valence-corrected chi connectivity index (χ1v) is 11.3. The van der Waals surface area contributed by atoms with Crippen LogP contribution in [0.4, 0.5) is 0 Å². The summed E-state index contributed by atoms with van der Waals surface area (Å²) >= 11 is 0. The number of nitrogens with one attached hydrogen (secondary N) is 2. The van der Waals surface area contributed by atoms with Crippen LogP contribution in [0.15, 0.2) is 24.3 Å². The van der Waals surface area contributed by atoms with Crippen LogP contribution in [0, 0.1) is 11.8 Å². The lowest BCUT2D eigenvalue weighted by Gasteiger charge is -2.49. The van der Waals surface area contributed by atoms with Crippen molar-refractivity contribution in [2.24, 2.45) is 11.8 Å². The van der Waals surface area contributed by atoms with Gasteiger partial charge >= 0.3 is 5.97 Å². The smallest absolute Gasteiger partial charge is 0.321 e. The lowest BCUT2D eigenvalue weighted by molar-refractivity contribution is -0.334. The molecule has 2 fully saturated rings. The molecule has 3 N–H and O–H groups in total. The monoisotopic (exact) mass is 444 g/mol. The highest BCUT2D eigenvalue weighted by molar-refractivity contribution is 5.86. The van der Waals surface area contributed by atoms with Crippen molar-refractivity contribution in [2.75, 3.05) is 19.8 Å². The second-order valence-electron chi connectivity index (χ2n) is 10.0. The molecule has 2 aromatic rings. The molecule has 1 aromatic carbocycles. The van der Waals surface area contributed by atoms with E-state index in [0.29, 0.717) is 26.2 Å². The molecule has 1 aromatic heterocycles. The summed E-state index contributed by atoms with van der Waals surface area (Å²) in [6.45, 7) is 9.10. The van der Waals surface area contributed by atoms with Gasteiger partial charge in [0.05, 0.1) is 32.0 Å². The molecular weight excluding hydrogens is 412 g/mol. The van der Waals surface area contributed by atoms with Crippen molar-refractivity contribution in [3.63, 3.8) is 0 Å². The molecule has 3 unspecified atom stereocenters. The number of aliphatic carboxylic acids is 1. The zero-order chi connectivity index (χ0) is 22.7. The van der Waals surface area contributed by atoms with E-state index >= 15 is 0 Å². The van der Waals surface area contributed by atoms with E-state index in [0.717, 1.165) is 22.2 Å². The molecule has 0 bridgehead atoms. The van der Waals surface area contributed by atoms with E-state index in [2.05, 4.69) is 10.3 Å². The summed E-state index contributed by atoms with van der Waals surface area (Å²) in [6, 6.07) is 7.10. The van der Waals surface area contributed by atoms with Gasteiger partial charge in [0.2, 0.25) is 0 Å². The number of carboxylic acid groups (broad SMARTS) is 1. The van der Waals surface area contributed by atoms with Crippen molar-refractivity contribution >= 4 is 16.9 Å². The summed E-state index contributed by atoms with van der Waals surface area (Å²) < 4.78 is 24.4. The third kappa shape index (κ3) is 3.95. The van der Waals surface area contributed by atoms with Gasteiger partial charge in [-0.2, -0.15) is 0 Å². The SMILES string of the molecule is CC1(C)OCC(C2OC(C)(C)OCC2C2N[C@H](C(=O)O)Cc3c2[nH]c2ccccc32)CO1. The second-order valence-corrected chi connectivity index (χ2v) is 10.0. The van der Waals surface area contributed by atoms with Gasteiger partial charge in [-0.15, -0.1) is 0 Å². The Bertz CT molecular complexity index is 1010. The molecule has 0 amide bonds. The van der Waals surface area contributed by atoms with Crippen molar-refractivity contribution in [1.29, 1.82) is 0 Å². The van der Waals surface area contributed by atoms with Crippen LogP contribution in [0.2, 0.25) is 0 Å². The number of carbonyl (C=O) groups is 1. The normalized spacial score (nSPS) is 32.5. The number of fused-ring (bicyclic) bond motifs is 3. The van der Waals surface area contributed by atoms with Gasteiger partial charge in [0.1, 0.15) is 6.04 Å². The molecule has 4 atom stereocenters. The van der Waals surface area contributed by atoms with Gasteiger partial charge in [-0.3, -0.25) is 10.1 Å². The number of hydrogen-bond acceptors (Lipinski definition) is 6. The number of rotatable bonds is 3. The van der Waals surface area contributed by atoms with Crippen LogP contribution in [0.25, 0.3) is 10.9 Å². The molecule has 3 aliphatic rings. The Morgan fingerprint density at radius 2 is 1.72 bits per heavy atom. The first kappa shape index (κ1) is 21.9. The minimum Gasteiger partial charge on any atom is -0.480 e. The van der Waals surface area contributed by atoms with Gasteiger partial charge in [-0.25, -0.2) is 0 Å². The molecule has 8 heteroatoms. The highest BCUT2D eigenvalue weighted by atomic mass is 16.7. The fourth-order valence-corrected chi connectivity index (χ4v) is 5.23. The molecule has 174 valence electrons. The Morgan fingerprint density at radius 3 is 2.44 bits per heavy atom. The predicted molar refractivity (Wildman–Crippen MR) is 117 cm³/mol. The Hall–Kier alpha value is -1.97. The largest absolute Gasteiger partial charge is 0.480 e. The fourth-order valence-electron chi connectivity index (χ4n) is 5.23. The number of para-hydroxylation sites is 1. The molecule has 2 saturated heterocycles. The molecule has 0 radical (unpaired) electrons. The number of aromatic nitrogens is 1. The molecule has 0 spiro atoms. The van der Waals surface area contributed by atoms with Crippen molar-refractivity contribution in [3.8, 4) is 0 Å². The summed E-state index contributed by atoms with van der Waals surface area (Å²) in [4.78, 5) is 15.6. The van der Waals surface area contributed by atoms with E-state index in [4.69, 9.17) is 18.9 Å². The van der Waals surface area contributed by atoms with Gasteiger partial charge < -0.3 is 29.0 Å². The molecule has 32 heavy (non-hydrogen) atoms. The van der Waals surface area contributed by atoms with Crippen molar-refractivity contribution in [2.45, 2.75) is 63.9 Å². The predicted octanol–water partition coefficient (Wildman–Crippen LogP) is 2.97. The number of aromatic amines is 1. The van der Waals surface area contributed by atoms with Crippen molar-refractivity contribution < 1.29 is 28.8 Å². The first-order valence-electron chi connectivity index (χ1n) is 11.3.